The number of anilines is 1. The highest BCUT2D eigenvalue weighted by molar-refractivity contribution is 7.16. The predicted octanol–water partition coefficient (Wildman–Crippen LogP) is -0.779. The maximum absolute atomic E-state index is 12.2. The molecule has 0 spiro atoms. The monoisotopic (exact) mass is 339 g/mol. The summed E-state index contributed by atoms with van der Waals surface area (Å²) in [6.07, 6.45) is 2.90. The number of likely N-dealkylation sites (N-methyl/N-ethyl adjacent to an activating group) is 1. The highest BCUT2D eigenvalue weighted by Gasteiger charge is 2.24. The molecule has 1 aromatic heterocycles. The van der Waals surface area contributed by atoms with Gasteiger partial charge in [-0.25, -0.2) is 0 Å². The molecular weight excluding hydrogens is 314 g/mol. The number of aromatic carboxylic acids is 1. The van der Waals surface area contributed by atoms with Gasteiger partial charge in [-0.15, -0.1) is 11.3 Å². The van der Waals surface area contributed by atoms with E-state index < -0.39 is 5.97 Å². The average Bonchev–Trinajstić information content (AvgIpc) is 2.90. The Labute approximate surface area is 141 Å². The smallest absolute Gasteiger partial charge is 0.239 e. The Bertz CT molecular complexity index is 565. The number of nitrogens with one attached hydrogen (secondary N) is 2. The summed E-state index contributed by atoms with van der Waals surface area (Å²) < 4.78 is 0. The van der Waals surface area contributed by atoms with Crippen LogP contribution >= 0.6 is 11.3 Å². The van der Waals surface area contributed by atoms with E-state index in [-0.39, 0.29) is 18.0 Å². The Morgan fingerprint density at radius 3 is 2.65 bits per heavy atom. The molecule has 1 aliphatic rings. The number of hydrogen-bond acceptors (Lipinski definition) is 5. The van der Waals surface area contributed by atoms with Crippen LogP contribution in [0.4, 0.5) is 5.00 Å². The van der Waals surface area contributed by atoms with E-state index in [1.807, 2.05) is 14.0 Å². The molecule has 2 heterocycles. The zero-order valence-electron chi connectivity index (χ0n) is 14.0. The first kappa shape index (κ1) is 17.9. The van der Waals surface area contributed by atoms with Crippen molar-refractivity contribution in [2.24, 2.45) is 0 Å². The van der Waals surface area contributed by atoms with E-state index in [1.54, 1.807) is 6.07 Å². The van der Waals surface area contributed by atoms with Gasteiger partial charge in [0, 0.05) is 29.3 Å². The van der Waals surface area contributed by atoms with Crippen LogP contribution in [0.1, 0.15) is 35.0 Å². The number of carboxylic acids is 1. The molecule has 128 valence electrons. The van der Waals surface area contributed by atoms with Crippen LogP contribution < -0.4 is 15.3 Å². The number of hydrogen-bond donors (Lipinski definition) is 2. The largest absolute Gasteiger partial charge is 0.545 e. The predicted molar refractivity (Wildman–Crippen MR) is 88.9 cm³/mol. The van der Waals surface area contributed by atoms with Crippen molar-refractivity contribution in [3.8, 4) is 0 Å². The van der Waals surface area contributed by atoms with Crippen molar-refractivity contribution < 1.29 is 19.6 Å². The maximum Gasteiger partial charge on any atom is 0.239 e. The normalized spacial score (nSPS) is 21.4. The molecule has 0 aliphatic carbocycles. The number of piperidine rings is 1. The van der Waals surface area contributed by atoms with Gasteiger partial charge in [-0.1, -0.05) is 6.92 Å². The molecular formula is C16H25N3O3S. The molecule has 1 aromatic rings. The zero-order valence-corrected chi connectivity index (χ0v) is 14.8. The summed E-state index contributed by atoms with van der Waals surface area (Å²) in [5, 5.41) is 14.3. The van der Waals surface area contributed by atoms with Crippen LogP contribution in [0.15, 0.2) is 6.07 Å². The van der Waals surface area contributed by atoms with Crippen LogP contribution in [0.2, 0.25) is 0 Å². The Balaban J connectivity index is 1.94. The number of nitrogens with zero attached hydrogens (tertiary/aromatic N) is 1. The van der Waals surface area contributed by atoms with Crippen LogP contribution in [0.25, 0.3) is 0 Å². The van der Waals surface area contributed by atoms with E-state index in [2.05, 4.69) is 17.3 Å². The minimum atomic E-state index is -1.25. The Hall–Kier alpha value is -1.44. The highest BCUT2D eigenvalue weighted by atomic mass is 32.1. The first-order valence-corrected chi connectivity index (χ1v) is 8.87. The van der Waals surface area contributed by atoms with E-state index in [4.69, 9.17) is 0 Å². The summed E-state index contributed by atoms with van der Waals surface area (Å²) in [6, 6.07) is 2.00. The van der Waals surface area contributed by atoms with Gasteiger partial charge in [0.2, 0.25) is 5.91 Å². The molecule has 0 aromatic carbocycles. The molecule has 1 saturated heterocycles. The first-order chi connectivity index (χ1) is 10.9. The van der Waals surface area contributed by atoms with Crippen molar-refractivity contribution in [3.05, 3.63) is 16.5 Å². The van der Waals surface area contributed by atoms with Crippen molar-refractivity contribution in [1.29, 1.82) is 0 Å². The lowest BCUT2D eigenvalue weighted by atomic mass is 10.0. The van der Waals surface area contributed by atoms with Gasteiger partial charge >= 0.3 is 0 Å². The molecule has 0 radical (unpaired) electrons. The van der Waals surface area contributed by atoms with Crippen LogP contribution in [-0.4, -0.2) is 56.5 Å². The minimum Gasteiger partial charge on any atom is -0.545 e. The number of likely N-dealkylation sites (tertiary alicyclic amines) is 1. The fourth-order valence-electron chi connectivity index (χ4n) is 2.92. The lowest BCUT2D eigenvalue weighted by Gasteiger charge is -2.32. The van der Waals surface area contributed by atoms with Crippen molar-refractivity contribution >= 4 is 28.2 Å². The summed E-state index contributed by atoms with van der Waals surface area (Å²) in [6.45, 7) is 4.47. The number of thiophene rings is 1. The number of aryl methyl sites for hydroxylation is 1. The summed E-state index contributed by atoms with van der Waals surface area (Å²) >= 11 is 1.30. The second-order valence-corrected chi connectivity index (χ2v) is 7.38. The second kappa shape index (κ2) is 7.90. The van der Waals surface area contributed by atoms with Gasteiger partial charge in [-0.2, -0.15) is 0 Å². The molecule has 2 rings (SSSR count). The van der Waals surface area contributed by atoms with E-state index in [0.717, 1.165) is 37.2 Å². The highest BCUT2D eigenvalue weighted by Crippen LogP contribution is 2.28. The Morgan fingerprint density at radius 2 is 2.09 bits per heavy atom. The van der Waals surface area contributed by atoms with Crippen molar-refractivity contribution in [2.45, 2.75) is 32.2 Å². The summed E-state index contributed by atoms with van der Waals surface area (Å²) in [7, 11) is 4.14. The number of rotatable bonds is 6. The van der Waals surface area contributed by atoms with Gasteiger partial charge in [0.05, 0.1) is 32.7 Å². The molecule has 0 unspecified atom stereocenters. The van der Waals surface area contributed by atoms with Gasteiger partial charge in [0.25, 0.3) is 0 Å². The van der Waals surface area contributed by atoms with Crippen LogP contribution in [0.3, 0.4) is 0 Å². The fraction of sp³-hybridized carbons (Fsp3) is 0.625. The van der Waals surface area contributed by atoms with Crippen molar-refractivity contribution in [3.63, 3.8) is 0 Å². The third-order valence-electron chi connectivity index (χ3n) is 4.43. The molecule has 7 heteroatoms. The molecule has 6 nitrogen and oxygen atoms in total. The quantitative estimate of drug-likeness (QED) is 0.713. The molecule has 1 amide bonds. The summed E-state index contributed by atoms with van der Waals surface area (Å²) in [5.74, 6) is -1.42. The third kappa shape index (κ3) is 4.76. The standard InChI is InChI=1S/C16H25N3O3S/c1-4-12-9-13(16(21)22)15(23-12)17-14(20)10-19(3)11-5-7-18(2)8-6-11/h9,11H,4-8,10H2,1-3H3,(H,17,20)(H,21,22). The van der Waals surface area contributed by atoms with Crippen LogP contribution in [0, 0.1) is 0 Å². The molecule has 1 aliphatic heterocycles. The van der Waals surface area contributed by atoms with Crippen LogP contribution in [-0.2, 0) is 11.2 Å². The lowest BCUT2D eigenvalue weighted by Crippen LogP contribution is -3.10. The third-order valence-corrected chi connectivity index (χ3v) is 5.62. The fourth-order valence-corrected chi connectivity index (χ4v) is 3.92. The van der Waals surface area contributed by atoms with Gasteiger partial charge < -0.3 is 20.1 Å². The number of amides is 1. The van der Waals surface area contributed by atoms with Crippen LogP contribution in [0.5, 0.6) is 0 Å². The number of carbonyl (C=O) groups is 2. The molecule has 0 bridgehead atoms. The summed E-state index contributed by atoms with van der Waals surface area (Å²) in [5.41, 5.74) is 0.0748. The van der Waals surface area contributed by atoms with E-state index in [1.165, 1.54) is 16.2 Å². The Kier molecular flexibility index (Phi) is 6.15. The Morgan fingerprint density at radius 1 is 1.43 bits per heavy atom. The van der Waals surface area contributed by atoms with Gasteiger partial charge in [-0.05, 0) is 19.5 Å². The van der Waals surface area contributed by atoms with E-state index in [0.29, 0.717) is 11.0 Å². The topological polar surface area (TPSA) is 76.9 Å². The molecule has 0 saturated carbocycles. The molecule has 0 atom stereocenters. The zero-order chi connectivity index (χ0) is 17.0. The van der Waals surface area contributed by atoms with Crippen molar-refractivity contribution in [1.82, 2.24) is 4.90 Å². The SMILES string of the molecule is CCc1cc(C(=O)[O-])c(NC(=O)CN(C)C2CC[NH+](C)CC2)s1. The van der Waals surface area contributed by atoms with Gasteiger partial charge in [0.15, 0.2) is 0 Å². The first-order valence-electron chi connectivity index (χ1n) is 8.06. The van der Waals surface area contributed by atoms with E-state index >= 15 is 0 Å². The molecule has 1 fully saturated rings. The number of carboxylic acid groups (broad SMARTS) is 1. The minimum absolute atomic E-state index is 0.0748. The number of quaternary nitrogens is 1. The number of carbonyl (C=O) groups excluding carboxylic acids is 2. The van der Waals surface area contributed by atoms with E-state index in [9.17, 15) is 14.7 Å². The van der Waals surface area contributed by atoms with Crippen molar-refractivity contribution in [2.75, 3.05) is 39.0 Å². The van der Waals surface area contributed by atoms with Gasteiger partial charge in [0.1, 0.15) is 5.00 Å². The lowest BCUT2D eigenvalue weighted by molar-refractivity contribution is -0.885. The maximum atomic E-state index is 12.2. The second-order valence-electron chi connectivity index (χ2n) is 6.25. The molecule has 23 heavy (non-hydrogen) atoms. The average molecular weight is 339 g/mol. The molecule has 2 N–H and O–H groups in total. The van der Waals surface area contributed by atoms with Gasteiger partial charge in [-0.3, -0.25) is 9.69 Å². The summed E-state index contributed by atoms with van der Waals surface area (Å²) in [4.78, 5) is 27.9.